The highest BCUT2D eigenvalue weighted by Gasteiger charge is 2.24. The first-order chi connectivity index (χ1) is 13.8. The van der Waals surface area contributed by atoms with E-state index >= 15 is 0 Å². The van der Waals surface area contributed by atoms with Gasteiger partial charge in [-0.3, -0.25) is 14.4 Å². The van der Waals surface area contributed by atoms with Crippen LogP contribution in [0.4, 0.5) is 0 Å². The van der Waals surface area contributed by atoms with Crippen molar-refractivity contribution in [3.8, 4) is 0 Å². The molecule has 12 heteroatoms. The molecule has 2 atom stereocenters. The van der Waals surface area contributed by atoms with E-state index in [0.717, 1.165) is 0 Å². The number of carbonyl (C=O) groups is 3. The van der Waals surface area contributed by atoms with Crippen LogP contribution in [0.15, 0.2) is 0 Å². The van der Waals surface area contributed by atoms with E-state index < -0.39 is 23.3 Å². The molecule has 0 bridgehead atoms. The molecule has 9 nitrogen and oxygen atoms in total. The molecule has 0 amide bonds. The van der Waals surface area contributed by atoms with Crippen LogP contribution in [0.3, 0.4) is 0 Å². The monoisotopic (exact) mass is 494 g/mol. The van der Waals surface area contributed by atoms with Gasteiger partial charge in [0.25, 0.3) is 0 Å². The van der Waals surface area contributed by atoms with Gasteiger partial charge >= 0.3 is 17.9 Å². The summed E-state index contributed by atoms with van der Waals surface area (Å²) in [6.07, 6.45) is 1.78. The fourth-order valence-electron chi connectivity index (χ4n) is 1.22. The molecule has 0 aliphatic rings. The summed E-state index contributed by atoms with van der Waals surface area (Å²) in [5, 5.41) is 50.0. The normalized spacial score (nSPS) is 11.9. The van der Waals surface area contributed by atoms with Crippen LogP contribution >= 0.6 is 37.9 Å². The fraction of sp³-hybridized carbons (Fsp3) is 0.833. The van der Waals surface area contributed by atoms with Crippen LogP contribution in [0.5, 0.6) is 0 Å². The standard InChI is InChI=1S/C6H14O3.3C4H8O2S/c1-2-6(3-7,4-8)5-9;2*1-3(7)2-4(5)6;5-4(6)2-1-3-7/h7-9H,2-5H2,1H3;2*3,7H,2H2,1H3,(H,5,6);7H,1-3H2,(H,5,6). The lowest BCUT2D eigenvalue weighted by Crippen LogP contribution is -2.32. The molecule has 0 saturated heterocycles. The Morgan fingerprint density at radius 2 is 1.13 bits per heavy atom. The van der Waals surface area contributed by atoms with Gasteiger partial charge in [0.05, 0.1) is 32.7 Å². The molecule has 30 heavy (non-hydrogen) atoms. The lowest BCUT2D eigenvalue weighted by molar-refractivity contribution is -0.138. The summed E-state index contributed by atoms with van der Waals surface area (Å²) in [5.41, 5.74) is -0.667. The summed E-state index contributed by atoms with van der Waals surface area (Å²) >= 11 is 11.5. The van der Waals surface area contributed by atoms with Gasteiger partial charge in [-0.05, 0) is 18.6 Å². The molecule has 0 aromatic carbocycles. The van der Waals surface area contributed by atoms with Gasteiger partial charge in [-0.1, -0.05) is 20.8 Å². The van der Waals surface area contributed by atoms with Gasteiger partial charge in [0.2, 0.25) is 0 Å². The maximum Gasteiger partial charge on any atom is 0.304 e. The van der Waals surface area contributed by atoms with E-state index in [9.17, 15) is 14.4 Å². The van der Waals surface area contributed by atoms with Crippen molar-refractivity contribution < 1.29 is 45.0 Å². The number of aliphatic carboxylic acids is 3. The molecule has 0 rings (SSSR count). The zero-order chi connectivity index (χ0) is 24.8. The summed E-state index contributed by atoms with van der Waals surface area (Å²) in [4.78, 5) is 29.2. The first-order valence-electron chi connectivity index (χ1n) is 9.22. The highest BCUT2D eigenvalue weighted by molar-refractivity contribution is 7.81. The summed E-state index contributed by atoms with van der Waals surface area (Å²) in [5.74, 6) is -1.66. The van der Waals surface area contributed by atoms with Gasteiger partial charge < -0.3 is 30.6 Å². The molecule has 0 aliphatic heterocycles. The third-order valence-corrected chi connectivity index (χ3v) is 3.93. The number of aliphatic hydroxyl groups is 3. The van der Waals surface area contributed by atoms with Crippen LogP contribution < -0.4 is 0 Å². The van der Waals surface area contributed by atoms with Crippen molar-refractivity contribution in [1.29, 1.82) is 0 Å². The van der Waals surface area contributed by atoms with E-state index in [2.05, 4.69) is 37.9 Å². The lowest BCUT2D eigenvalue weighted by atomic mass is 9.88. The SMILES string of the molecule is CC(S)CC(=O)O.CC(S)CC(=O)O.CCC(CO)(CO)CO.O=C(O)CCCS. The van der Waals surface area contributed by atoms with Crippen LogP contribution in [0, 0.1) is 5.41 Å². The lowest BCUT2D eigenvalue weighted by Gasteiger charge is -2.24. The van der Waals surface area contributed by atoms with Crippen molar-refractivity contribution in [1.82, 2.24) is 0 Å². The van der Waals surface area contributed by atoms with E-state index in [4.69, 9.17) is 30.6 Å². The third-order valence-electron chi connectivity index (χ3n) is 3.25. The first-order valence-corrected chi connectivity index (χ1v) is 10.9. The summed E-state index contributed by atoms with van der Waals surface area (Å²) < 4.78 is 0. The van der Waals surface area contributed by atoms with Gasteiger partial charge in [0.1, 0.15) is 0 Å². The predicted molar refractivity (Wildman–Crippen MR) is 126 cm³/mol. The quantitative estimate of drug-likeness (QED) is 0.194. The number of rotatable bonds is 11. The van der Waals surface area contributed by atoms with Crippen molar-refractivity contribution in [3.05, 3.63) is 0 Å². The summed E-state index contributed by atoms with van der Waals surface area (Å²) in [6, 6.07) is 0. The van der Waals surface area contributed by atoms with Crippen LogP contribution in [-0.4, -0.2) is 84.6 Å². The fourth-order valence-corrected chi connectivity index (χ4v) is 1.69. The highest BCUT2D eigenvalue weighted by Crippen LogP contribution is 2.18. The molecule has 2 unspecified atom stereocenters. The topological polar surface area (TPSA) is 173 Å². The first kappa shape index (κ1) is 36.7. The van der Waals surface area contributed by atoms with Crippen LogP contribution in [0.2, 0.25) is 0 Å². The van der Waals surface area contributed by atoms with Gasteiger partial charge in [0.15, 0.2) is 0 Å². The van der Waals surface area contributed by atoms with Crippen molar-refractivity contribution >= 4 is 55.8 Å². The number of thiol groups is 3. The Morgan fingerprint density at radius 1 is 0.800 bits per heavy atom. The van der Waals surface area contributed by atoms with E-state index in [1.165, 1.54) is 0 Å². The average Bonchev–Trinajstić information content (AvgIpc) is 2.61. The van der Waals surface area contributed by atoms with Crippen molar-refractivity contribution in [3.63, 3.8) is 0 Å². The van der Waals surface area contributed by atoms with Gasteiger partial charge in [-0.15, -0.1) is 0 Å². The Kier molecular flexibility index (Phi) is 30.1. The second-order valence-electron chi connectivity index (χ2n) is 6.44. The molecule has 0 aromatic rings. The Balaban J connectivity index is -0.000000151. The van der Waals surface area contributed by atoms with Crippen LogP contribution in [0.1, 0.15) is 52.9 Å². The number of carboxylic acid groups (broad SMARTS) is 3. The molecule has 6 N–H and O–H groups in total. The molecular formula is C18H38O9S3. The summed E-state index contributed by atoms with van der Waals surface area (Å²) in [6.45, 7) is 4.85. The zero-order valence-corrected chi connectivity index (χ0v) is 20.5. The van der Waals surface area contributed by atoms with E-state index in [0.29, 0.717) is 18.6 Å². The number of carboxylic acids is 3. The minimum atomic E-state index is -0.789. The molecule has 0 spiro atoms. The van der Waals surface area contributed by atoms with Crippen molar-refractivity contribution in [2.75, 3.05) is 25.6 Å². The van der Waals surface area contributed by atoms with E-state index in [-0.39, 0.29) is 49.6 Å². The third kappa shape index (κ3) is 34.8. The molecule has 0 heterocycles. The van der Waals surface area contributed by atoms with Gasteiger partial charge in [-0.2, -0.15) is 37.9 Å². The minimum Gasteiger partial charge on any atom is -0.481 e. The second-order valence-corrected chi connectivity index (χ2v) is 8.65. The number of hydrogen-bond donors (Lipinski definition) is 9. The summed E-state index contributed by atoms with van der Waals surface area (Å²) in [7, 11) is 0. The maximum absolute atomic E-state index is 9.76. The van der Waals surface area contributed by atoms with E-state index in [1.807, 2.05) is 6.92 Å². The second kappa shape index (κ2) is 24.6. The van der Waals surface area contributed by atoms with Crippen LogP contribution in [-0.2, 0) is 14.4 Å². The smallest absolute Gasteiger partial charge is 0.304 e. The Morgan fingerprint density at radius 3 is 1.17 bits per heavy atom. The molecule has 0 radical (unpaired) electrons. The molecule has 0 aliphatic carbocycles. The molecule has 0 aromatic heterocycles. The van der Waals surface area contributed by atoms with Crippen LogP contribution in [0.25, 0.3) is 0 Å². The van der Waals surface area contributed by atoms with Crippen molar-refractivity contribution in [2.45, 2.75) is 63.4 Å². The molecule has 182 valence electrons. The Labute approximate surface area is 195 Å². The molecular weight excluding hydrogens is 456 g/mol. The zero-order valence-electron chi connectivity index (χ0n) is 17.8. The highest BCUT2D eigenvalue weighted by atomic mass is 32.1. The minimum absolute atomic E-state index is 0.0301. The maximum atomic E-state index is 9.76. The predicted octanol–water partition coefficient (Wildman–Crippen LogP) is 1.70. The van der Waals surface area contributed by atoms with Crippen molar-refractivity contribution in [2.24, 2.45) is 5.41 Å². The average molecular weight is 495 g/mol. The Bertz CT molecular complexity index is 392. The largest absolute Gasteiger partial charge is 0.481 e. The Hall–Kier alpha value is -0.660. The molecule has 0 fully saturated rings. The van der Waals surface area contributed by atoms with Gasteiger partial charge in [-0.25, -0.2) is 0 Å². The van der Waals surface area contributed by atoms with Gasteiger partial charge in [0, 0.05) is 22.3 Å². The number of hydrogen-bond acceptors (Lipinski definition) is 9. The van der Waals surface area contributed by atoms with E-state index in [1.54, 1.807) is 13.8 Å². The number of aliphatic hydroxyl groups excluding tert-OH is 3. The molecule has 0 saturated carbocycles.